The van der Waals surface area contributed by atoms with E-state index in [9.17, 15) is 40.2 Å². The van der Waals surface area contributed by atoms with Crippen LogP contribution in [0.25, 0.3) is 11.5 Å². The van der Waals surface area contributed by atoms with Crippen molar-refractivity contribution in [3.05, 3.63) is 112 Å². The van der Waals surface area contributed by atoms with Gasteiger partial charge in [-0.1, -0.05) is 115 Å². The van der Waals surface area contributed by atoms with Gasteiger partial charge in [0.1, 0.15) is 34.1 Å². The number of phenolic OH excluding ortho intramolecular Hbond substituents is 2. The minimum atomic E-state index is -1.15. The van der Waals surface area contributed by atoms with Crippen LogP contribution >= 0.6 is 9.42 Å². The number of aromatic hydroxyl groups is 4. The molecular weight excluding hydrogens is 999 g/mol. The maximum atomic E-state index is 11.8. The summed E-state index contributed by atoms with van der Waals surface area (Å²) in [6.07, 6.45) is 14.4. The summed E-state index contributed by atoms with van der Waals surface area (Å²) in [5.41, 5.74) is 18.9. The standard InChI is InChI=1S/2C22H30O4.2C3H8N.CH3.ClH.Pt/c2*1-5-6-7-8-15-12-18(23)20(21(24)19(15)22(25)26)17-11-14(4)9-10-16(17)13(2)3;2*1-3(2)4;;;/h2*11-12,16-17,23-24H,2,5-10H2,1,3-4H3,(H,25,26);2*3-4H,1-2H3;1H3;1H;/q;;3*-1;;+1/p-1. The fourth-order valence-corrected chi connectivity index (χ4v) is 7.92. The summed E-state index contributed by atoms with van der Waals surface area (Å²) in [5.74, 6) is -3.34. The number of hydrogen-bond acceptors (Lipinski definition) is 6. The van der Waals surface area contributed by atoms with Gasteiger partial charge in [0, 0.05) is 23.0 Å². The van der Waals surface area contributed by atoms with E-state index in [-0.39, 0.29) is 77.3 Å². The molecule has 0 aromatic heterocycles. The van der Waals surface area contributed by atoms with E-state index in [1.54, 1.807) is 18.8 Å². The normalized spacial score (nSPS) is 17.7. The van der Waals surface area contributed by atoms with Crippen molar-refractivity contribution in [1.82, 2.24) is 0 Å². The number of nitrogens with one attached hydrogen (secondary N) is 2. The molecule has 0 spiro atoms. The first-order chi connectivity index (χ1) is 29.0. The zero-order valence-electron chi connectivity index (χ0n) is 39.9. The number of carbonyl (C=O) groups is 2. The van der Waals surface area contributed by atoms with Crippen LogP contribution in [-0.4, -0.2) is 54.7 Å². The Balaban J connectivity index is 0. The fourth-order valence-electron chi connectivity index (χ4n) is 7.92. The summed E-state index contributed by atoms with van der Waals surface area (Å²) in [6, 6.07) is 3.23. The number of carboxylic acids is 2. The number of rotatable bonds is 14. The van der Waals surface area contributed by atoms with Gasteiger partial charge in [0.15, 0.2) is 0 Å². The van der Waals surface area contributed by atoms with Crippen molar-refractivity contribution in [2.45, 2.75) is 170 Å². The Morgan fingerprint density at radius 2 is 0.968 bits per heavy atom. The predicted octanol–water partition coefficient (Wildman–Crippen LogP) is 15.1. The average Bonchev–Trinajstić information content (AvgIpc) is 3.15. The molecule has 0 bridgehead atoms. The number of carboxylic acid groups (broad SMARTS) is 2. The monoisotopic (exact) mass is 1080 g/mol. The van der Waals surface area contributed by atoms with Crippen molar-refractivity contribution in [1.29, 1.82) is 0 Å². The van der Waals surface area contributed by atoms with Crippen LogP contribution in [-0.2, 0) is 31.6 Å². The molecule has 0 radical (unpaired) electrons. The zero-order chi connectivity index (χ0) is 48.0. The van der Waals surface area contributed by atoms with Crippen LogP contribution in [0.5, 0.6) is 23.0 Å². The second-order valence-corrected chi connectivity index (χ2v) is 17.3. The van der Waals surface area contributed by atoms with Gasteiger partial charge < -0.3 is 49.5 Å². The van der Waals surface area contributed by atoms with Crippen LogP contribution < -0.4 is 0 Å². The maximum absolute atomic E-state index is 11.8. The molecule has 361 valence electrons. The predicted molar refractivity (Wildman–Crippen MR) is 259 cm³/mol. The van der Waals surface area contributed by atoms with E-state index in [2.05, 4.69) is 36.4 Å². The van der Waals surface area contributed by atoms with Crippen molar-refractivity contribution < 1.29 is 59.0 Å². The Bertz CT molecular complexity index is 1700. The third-order valence-electron chi connectivity index (χ3n) is 10.8. The van der Waals surface area contributed by atoms with Crippen molar-refractivity contribution >= 4 is 21.4 Å². The number of halogens is 1. The molecule has 10 nitrogen and oxygen atoms in total. The molecule has 0 fully saturated rings. The Kier molecular flexibility index (Phi) is 30.6. The van der Waals surface area contributed by atoms with E-state index in [0.717, 1.165) is 75.4 Å². The van der Waals surface area contributed by atoms with E-state index in [1.165, 1.54) is 23.3 Å². The SMILES string of the molecule is C=C(C)C1CCC(C)=CC1c1c(O)cc(CCCCC)c(C(=O)O)c1O.C=C(C)C1CCC(C)=CC1c1c(O)cc(CCCCC)c(C(=O)O)c1O.CC(C)[NH-].CC(C)[NH-].[CH3-].[Cl][Pt]. The third kappa shape index (κ3) is 20.0. The zero-order valence-corrected chi connectivity index (χ0v) is 42.9. The van der Waals surface area contributed by atoms with Gasteiger partial charge in [-0.05, 0) is 114 Å². The summed E-state index contributed by atoms with van der Waals surface area (Å²) in [7, 11) is 4.61. The molecule has 2 aliphatic rings. The Labute approximate surface area is 395 Å². The van der Waals surface area contributed by atoms with E-state index in [1.807, 2.05) is 67.5 Å². The van der Waals surface area contributed by atoms with Gasteiger partial charge in [0.05, 0.1) is 0 Å². The van der Waals surface area contributed by atoms with Crippen LogP contribution in [0.15, 0.2) is 59.7 Å². The van der Waals surface area contributed by atoms with Gasteiger partial charge in [-0.25, -0.2) is 9.59 Å². The number of aryl methyl sites for hydroxylation is 2. The molecular formula is C51H79ClN2O8Pt-3. The molecule has 0 amide bonds. The molecule has 0 heterocycles. The summed E-state index contributed by atoms with van der Waals surface area (Å²) in [5, 5.41) is 62.3. The van der Waals surface area contributed by atoms with E-state index in [4.69, 9.17) is 11.5 Å². The van der Waals surface area contributed by atoms with Gasteiger partial charge in [-0.15, -0.1) is 12.1 Å². The molecule has 4 unspecified atom stereocenters. The summed E-state index contributed by atoms with van der Waals surface area (Å²) >= 11 is 1.61. The average molecular weight is 1080 g/mol. The topological polar surface area (TPSA) is 203 Å². The van der Waals surface area contributed by atoms with Gasteiger partial charge in [0.2, 0.25) is 0 Å². The van der Waals surface area contributed by atoms with Crippen LogP contribution in [0.1, 0.15) is 188 Å². The number of phenols is 4. The second kappa shape index (κ2) is 31.3. The first-order valence-corrected chi connectivity index (χ1v) is 24.6. The Hall–Kier alpha value is -3.56. The van der Waals surface area contributed by atoms with Crippen molar-refractivity contribution in [2.75, 3.05) is 0 Å². The molecule has 2 aromatic carbocycles. The van der Waals surface area contributed by atoms with Crippen molar-refractivity contribution in [3.63, 3.8) is 0 Å². The van der Waals surface area contributed by atoms with Crippen molar-refractivity contribution in [2.24, 2.45) is 11.8 Å². The number of unbranched alkanes of at least 4 members (excludes halogenated alkanes) is 4. The van der Waals surface area contributed by atoms with E-state index >= 15 is 0 Å². The summed E-state index contributed by atoms with van der Waals surface area (Å²) in [4.78, 5) is 23.7. The molecule has 2 aromatic rings. The first kappa shape index (κ1) is 61.5. The first-order valence-electron chi connectivity index (χ1n) is 21.8. The molecule has 12 heteroatoms. The molecule has 4 atom stereocenters. The Morgan fingerprint density at radius 3 is 1.21 bits per heavy atom. The van der Waals surface area contributed by atoms with Gasteiger partial charge >= 0.3 is 40.1 Å². The number of benzene rings is 2. The molecule has 2 aliphatic carbocycles. The van der Waals surface area contributed by atoms with E-state index < -0.39 is 11.9 Å². The van der Waals surface area contributed by atoms with E-state index in [0.29, 0.717) is 35.1 Å². The molecule has 0 saturated carbocycles. The molecule has 0 saturated heterocycles. The number of aromatic carboxylic acids is 2. The molecule has 4 rings (SSSR count). The second-order valence-electron chi connectivity index (χ2n) is 17.3. The number of hydrogen-bond donors (Lipinski definition) is 6. The van der Waals surface area contributed by atoms with Gasteiger partial charge in [-0.3, -0.25) is 0 Å². The van der Waals surface area contributed by atoms with Crippen LogP contribution in [0.3, 0.4) is 0 Å². The molecule has 0 aliphatic heterocycles. The van der Waals surface area contributed by atoms with Crippen LogP contribution in [0.4, 0.5) is 0 Å². The van der Waals surface area contributed by atoms with Gasteiger partial charge in [-0.2, -0.15) is 0 Å². The summed E-state index contributed by atoms with van der Waals surface area (Å²) in [6.45, 7) is 27.5. The van der Waals surface area contributed by atoms with Gasteiger partial charge in [0.25, 0.3) is 0 Å². The minimum absolute atomic E-state index is 0. The van der Waals surface area contributed by atoms with Crippen LogP contribution in [0, 0.1) is 19.3 Å². The molecule has 8 N–H and O–H groups in total. The Morgan fingerprint density at radius 1 is 0.683 bits per heavy atom. The van der Waals surface area contributed by atoms with Crippen molar-refractivity contribution in [3.8, 4) is 23.0 Å². The fraction of sp³-hybridized carbons (Fsp3) is 0.549. The summed E-state index contributed by atoms with van der Waals surface area (Å²) < 4.78 is 0. The number of allylic oxidation sites excluding steroid dienone is 6. The van der Waals surface area contributed by atoms with Crippen LogP contribution in [0.2, 0.25) is 0 Å². The third-order valence-corrected chi connectivity index (χ3v) is 10.8. The quantitative estimate of drug-likeness (QED) is 0.0609. The molecule has 63 heavy (non-hydrogen) atoms.